The smallest absolute Gasteiger partial charge is 0.316 e. The van der Waals surface area contributed by atoms with Gasteiger partial charge in [-0.3, -0.25) is 9.13 Å². The van der Waals surface area contributed by atoms with E-state index in [1.165, 1.54) is 0 Å². The van der Waals surface area contributed by atoms with Crippen LogP contribution in [0, 0.1) is 0 Å². The third-order valence-corrected chi connectivity index (χ3v) is 2.14. The van der Waals surface area contributed by atoms with Gasteiger partial charge in [-0.1, -0.05) is 0 Å². The highest BCUT2D eigenvalue weighted by Crippen LogP contribution is 2.16. The van der Waals surface area contributed by atoms with Gasteiger partial charge in [-0.2, -0.15) is 0 Å². The van der Waals surface area contributed by atoms with E-state index in [0.29, 0.717) is 12.8 Å². The molecule has 2 atom stereocenters. The highest BCUT2D eigenvalue weighted by molar-refractivity contribution is 7.32. The Labute approximate surface area is 77.8 Å². The zero-order valence-electron chi connectivity index (χ0n) is 7.06. The summed E-state index contributed by atoms with van der Waals surface area (Å²) in [7, 11) is -5.61. The van der Waals surface area contributed by atoms with Gasteiger partial charge in [0, 0.05) is 0 Å². The van der Waals surface area contributed by atoms with Crippen molar-refractivity contribution in [2.24, 2.45) is 0 Å². The van der Waals surface area contributed by atoms with Gasteiger partial charge in [0.05, 0.1) is 13.2 Å². The van der Waals surface area contributed by atoms with Crippen LogP contribution in [0.25, 0.3) is 0 Å². The summed E-state index contributed by atoms with van der Waals surface area (Å²) >= 11 is 0. The first-order valence-corrected chi connectivity index (χ1v) is 6.37. The topological polar surface area (TPSA) is 93.1 Å². The zero-order chi connectivity index (χ0) is 10.1. The second-order valence-corrected chi connectivity index (χ2v) is 3.93. The molecule has 0 saturated carbocycles. The molecule has 0 aromatic rings. The van der Waals surface area contributed by atoms with Crippen molar-refractivity contribution in [1.82, 2.24) is 0 Å². The third-order valence-electron chi connectivity index (χ3n) is 1.24. The highest BCUT2D eigenvalue weighted by atomic mass is 31.1. The quantitative estimate of drug-likeness (QED) is 0.478. The largest absolute Gasteiger partial charge is 0.326 e. The average molecular weight is 232 g/mol. The van der Waals surface area contributed by atoms with Crippen LogP contribution in [0.5, 0.6) is 0 Å². The van der Waals surface area contributed by atoms with E-state index in [9.17, 15) is 9.13 Å². The van der Waals surface area contributed by atoms with Gasteiger partial charge in [0.25, 0.3) is 0 Å². The minimum absolute atomic E-state index is 0.239. The standard InChI is InChI=1S/C5H14O6P2/c6-12(7)10-4-2-1-3-5-11-13(8)9/h12-13H,1-5H2,(H,6,7)(H,8,9). The first-order valence-electron chi connectivity index (χ1n) is 3.84. The van der Waals surface area contributed by atoms with Crippen molar-refractivity contribution in [3.05, 3.63) is 0 Å². The maximum Gasteiger partial charge on any atom is 0.316 e. The molecule has 0 fully saturated rings. The molecule has 0 saturated heterocycles. The van der Waals surface area contributed by atoms with Gasteiger partial charge < -0.3 is 18.8 Å². The summed E-state index contributed by atoms with van der Waals surface area (Å²) in [4.78, 5) is 16.5. The van der Waals surface area contributed by atoms with Crippen LogP contribution < -0.4 is 0 Å². The van der Waals surface area contributed by atoms with Crippen LogP contribution in [0.1, 0.15) is 19.3 Å². The van der Waals surface area contributed by atoms with Gasteiger partial charge in [0.15, 0.2) is 0 Å². The molecule has 0 spiro atoms. The van der Waals surface area contributed by atoms with Gasteiger partial charge >= 0.3 is 16.5 Å². The fourth-order valence-corrected chi connectivity index (χ4v) is 1.34. The maximum atomic E-state index is 10.0. The molecule has 6 nitrogen and oxygen atoms in total. The molecule has 0 radical (unpaired) electrons. The first-order chi connectivity index (χ1) is 6.13. The molecule has 0 aromatic carbocycles. The van der Waals surface area contributed by atoms with Gasteiger partial charge in [0.2, 0.25) is 0 Å². The van der Waals surface area contributed by atoms with Gasteiger partial charge in [-0.25, -0.2) is 0 Å². The molecular formula is C5H14O6P2. The Bertz CT molecular complexity index is 154. The third kappa shape index (κ3) is 12.3. The van der Waals surface area contributed by atoms with Crippen molar-refractivity contribution in [1.29, 1.82) is 0 Å². The Balaban J connectivity index is 3.00. The normalized spacial score (nSPS) is 15.5. The van der Waals surface area contributed by atoms with Crippen LogP contribution in [0.2, 0.25) is 0 Å². The second kappa shape index (κ2) is 8.88. The first kappa shape index (κ1) is 13.3. The summed E-state index contributed by atoms with van der Waals surface area (Å²) in [6.45, 7) is 0.477. The highest BCUT2D eigenvalue weighted by Gasteiger charge is 1.94. The second-order valence-electron chi connectivity index (χ2n) is 2.29. The molecule has 0 bridgehead atoms. The number of hydrogen-bond donors (Lipinski definition) is 2. The van der Waals surface area contributed by atoms with Crippen molar-refractivity contribution in [3.8, 4) is 0 Å². The Hall–Kier alpha value is 0.300. The maximum absolute atomic E-state index is 10.0. The lowest BCUT2D eigenvalue weighted by Crippen LogP contribution is -1.90. The minimum Gasteiger partial charge on any atom is -0.326 e. The Morgan fingerprint density at radius 2 is 1.23 bits per heavy atom. The van der Waals surface area contributed by atoms with Crippen molar-refractivity contribution in [2.45, 2.75) is 19.3 Å². The molecule has 2 N–H and O–H groups in total. The molecule has 0 rings (SSSR count). The van der Waals surface area contributed by atoms with Crippen LogP contribution in [0.15, 0.2) is 0 Å². The number of rotatable bonds is 8. The predicted octanol–water partition coefficient (Wildman–Crippen LogP) is 0.954. The molecule has 13 heavy (non-hydrogen) atoms. The lowest BCUT2D eigenvalue weighted by molar-refractivity contribution is 0.255. The van der Waals surface area contributed by atoms with Gasteiger partial charge in [0.1, 0.15) is 0 Å². The SMILES string of the molecule is O=[PH](O)OCCCCCO[PH](=O)O. The fraction of sp³-hybridized carbons (Fsp3) is 1.00. The van der Waals surface area contributed by atoms with Gasteiger partial charge in [-0.05, 0) is 19.3 Å². The van der Waals surface area contributed by atoms with Crippen molar-refractivity contribution in [3.63, 3.8) is 0 Å². The average Bonchev–Trinajstić information content (AvgIpc) is 2.01. The molecule has 0 aliphatic carbocycles. The predicted molar refractivity (Wildman–Crippen MR) is 48.2 cm³/mol. The van der Waals surface area contributed by atoms with E-state index >= 15 is 0 Å². The lowest BCUT2D eigenvalue weighted by atomic mass is 10.2. The summed E-state index contributed by atoms with van der Waals surface area (Å²) in [6.07, 6.45) is 2.03. The molecular weight excluding hydrogens is 218 g/mol. The van der Waals surface area contributed by atoms with E-state index in [4.69, 9.17) is 9.79 Å². The van der Waals surface area contributed by atoms with Crippen molar-refractivity contribution >= 4 is 16.5 Å². The molecule has 0 aliphatic heterocycles. The van der Waals surface area contributed by atoms with Crippen LogP contribution >= 0.6 is 16.5 Å². The molecule has 0 aromatic heterocycles. The van der Waals surface area contributed by atoms with E-state index < -0.39 is 16.5 Å². The zero-order valence-corrected chi connectivity index (χ0v) is 9.06. The summed E-state index contributed by atoms with van der Waals surface area (Å²) in [6, 6.07) is 0. The molecule has 80 valence electrons. The molecule has 0 amide bonds. The molecule has 0 heterocycles. The van der Waals surface area contributed by atoms with Crippen molar-refractivity contribution in [2.75, 3.05) is 13.2 Å². The van der Waals surface area contributed by atoms with E-state index in [0.717, 1.165) is 6.42 Å². The monoisotopic (exact) mass is 232 g/mol. The van der Waals surface area contributed by atoms with Gasteiger partial charge in [-0.15, -0.1) is 0 Å². The summed E-state index contributed by atoms with van der Waals surface area (Å²) < 4.78 is 28.9. The summed E-state index contributed by atoms with van der Waals surface area (Å²) in [5.41, 5.74) is 0. The van der Waals surface area contributed by atoms with E-state index in [2.05, 4.69) is 9.05 Å². The van der Waals surface area contributed by atoms with E-state index in [1.807, 2.05) is 0 Å². The van der Waals surface area contributed by atoms with Crippen molar-refractivity contribution < 1.29 is 28.0 Å². The fourth-order valence-electron chi connectivity index (χ4n) is 0.700. The van der Waals surface area contributed by atoms with Crippen LogP contribution in [-0.2, 0) is 18.2 Å². The summed E-state index contributed by atoms with van der Waals surface area (Å²) in [5, 5.41) is 0. The Morgan fingerprint density at radius 3 is 1.54 bits per heavy atom. The number of unbranched alkanes of at least 4 members (excludes halogenated alkanes) is 2. The Morgan fingerprint density at radius 1 is 0.846 bits per heavy atom. The molecule has 8 heteroatoms. The number of hydrogen-bond acceptors (Lipinski definition) is 4. The van der Waals surface area contributed by atoms with E-state index in [-0.39, 0.29) is 13.2 Å². The summed E-state index contributed by atoms with van der Waals surface area (Å²) in [5.74, 6) is 0. The van der Waals surface area contributed by atoms with E-state index in [1.54, 1.807) is 0 Å². The molecule has 2 unspecified atom stereocenters. The van der Waals surface area contributed by atoms with Crippen LogP contribution in [0.4, 0.5) is 0 Å². The van der Waals surface area contributed by atoms with Crippen LogP contribution in [-0.4, -0.2) is 23.0 Å². The molecule has 0 aliphatic rings. The van der Waals surface area contributed by atoms with Crippen LogP contribution in [0.3, 0.4) is 0 Å². The minimum atomic E-state index is -2.81. The lowest BCUT2D eigenvalue weighted by Gasteiger charge is -2.00. The Kier molecular flexibility index (Phi) is 9.08.